The molecule has 1 amide bonds. The number of hydrogen-bond acceptors (Lipinski definition) is 5. The van der Waals surface area contributed by atoms with Crippen molar-refractivity contribution in [3.05, 3.63) is 78.4 Å². The van der Waals surface area contributed by atoms with E-state index in [0.29, 0.717) is 17.0 Å². The zero-order valence-electron chi connectivity index (χ0n) is 15.4. The molecule has 0 atom stereocenters. The molecule has 0 saturated carbocycles. The number of carbonyl (C=O) groups is 1. The predicted molar refractivity (Wildman–Crippen MR) is 106 cm³/mol. The second kappa shape index (κ2) is 8.80. The van der Waals surface area contributed by atoms with E-state index in [1.54, 1.807) is 38.0 Å². The lowest BCUT2D eigenvalue weighted by Gasteiger charge is -2.19. The van der Waals surface area contributed by atoms with Gasteiger partial charge >= 0.3 is 0 Å². The molecule has 6 nitrogen and oxygen atoms in total. The highest BCUT2D eigenvalue weighted by Gasteiger charge is 2.10. The van der Waals surface area contributed by atoms with Gasteiger partial charge in [0.15, 0.2) is 0 Å². The van der Waals surface area contributed by atoms with Gasteiger partial charge in [-0.2, -0.15) is 0 Å². The molecule has 0 aliphatic carbocycles. The predicted octanol–water partition coefficient (Wildman–Crippen LogP) is 3.42. The van der Waals surface area contributed by atoms with Crippen LogP contribution in [-0.4, -0.2) is 36.6 Å². The second-order valence-electron chi connectivity index (χ2n) is 6.14. The summed E-state index contributed by atoms with van der Waals surface area (Å²) in [4.78, 5) is 22.9. The SMILES string of the molecule is COc1cccc(NC(=O)c2cncc(N(C)CCc3ccncc3)c2)c1. The molecule has 3 aromatic rings. The summed E-state index contributed by atoms with van der Waals surface area (Å²) in [6.07, 6.45) is 7.80. The summed E-state index contributed by atoms with van der Waals surface area (Å²) in [5, 5.41) is 2.87. The number of ether oxygens (including phenoxy) is 1. The topological polar surface area (TPSA) is 67.3 Å². The molecule has 3 rings (SSSR count). The van der Waals surface area contributed by atoms with E-state index in [-0.39, 0.29) is 5.91 Å². The van der Waals surface area contributed by atoms with Gasteiger partial charge in [0.2, 0.25) is 0 Å². The molecule has 0 spiro atoms. The van der Waals surface area contributed by atoms with Crippen LogP contribution in [0.15, 0.2) is 67.3 Å². The minimum absolute atomic E-state index is 0.208. The Morgan fingerprint density at radius 3 is 2.70 bits per heavy atom. The molecule has 138 valence electrons. The largest absolute Gasteiger partial charge is 0.497 e. The molecule has 0 radical (unpaired) electrons. The molecule has 1 aromatic carbocycles. The lowest BCUT2D eigenvalue weighted by molar-refractivity contribution is 0.102. The number of nitrogens with zero attached hydrogens (tertiary/aromatic N) is 3. The van der Waals surface area contributed by atoms with Crippen LogP contribution in [0.3, 0.4) is 0 Å². The lowest BCUT2D eigenvalue weighted by Crippen LogP contribution is -2.21. The van der Waals surface area contributed by atoms with Gasteiger partial charge in [0.05, 0.1) is 24.6 Å². The summed E-state index contributed by atoms with van der Waals surface area (Å²) in [5.41, 5.74) is 3.29. The smallest absolute Gasteiger partial charge is 0.257 e. The number of aromatic nitrogens is 2. The Labute approximate surface area is 158 Å². The Bertz CT molecular complexity index is 899. The van der Waals surface area contributed by atoms with E-state index in [2.05, 4.69) is 20.2 Å². The normalized spacial score (nSPS) is 10.3. The molecular formula is C21H22N4O2. The van der Waals surface area contributed by atoms with E-state index in [1.807, 2.05) is 43.4 Å². The van der Waals surface area contributed by atoms with Gasteiger partial charge < -0.3 is 15.0 Å². The first-order valence-corrected chi connectivity index (χ1v) is 8.66. The van der Waals surface area contributed by atoms with Crippen molar-refractivity contribution in [3.8, 4) is 5.75 Å². The number of amides is 1. The Kier molecular flexibility index (Phi) is 5.99. The minimum Gasteiger partial charge on any atom is -0.497 e. The summed E-state index contributed by atoms with van der Waals surface area (Å²) in [6.45, 7) is 0.812. The van der Waals surface area contributed by atoms with Crippen LogP contribution in [-0.2, 0) is 6.42 Å². The van der Waals surface area contributed by atoms with Gasteiger partial charge in [-0.3, -0.25) is 14.8 Å². The maximum atomic E-state index is 12.6. The second-order valence-corrected chi connectivity index (χ2v) is 6.14. The molecule has 2 aromatic heterocycles. The molecule has 0 saturated heterocycles. The standard InChI is InChI=1S/C21H22N4O2/c1-25(11-8-16-6-9-22-10-7-16)19-12-17(14-23-15-19)21(26)24-18-4-3-5-20(13-18)27-2/h3-7,9-10,12-15H,8,11H2,1-2H3,(H,24,26). The summed E-state index contributed by atoms with van der Waals surface area (Å²) in [6, 6.07) is 13.1. The Morgan fingerprint density at radius 2 is 1.93 bits per heavy atom. The molecule has 6 heteroatoms. The van der Waals surface area contributed by atoms with Crippen molar-refractivity contribution >= 4 is 17.3 Å². The summed E-state index contributed by atoms with van der Waals surface area (Å²) >= 11 is 0. The van der Waals surface area contributed by atoms with Crippen LogP contribution >= 0.6 is 0 Å². The first kappa shape index (κ1) is 18.4. The van der Waals surface area contributed by atoms with E-state index in [4.69, 9.17) is 4.74 Å². The molecule has 0 bridgehead atoms. The number of pyridine rings is 2. The highest BCUT2D eigenvalue weighted by molar-refractivity contribution is 6.04. The number of methoxy groups -OCH3 is 1. The van der Waals surface area contributed by atoms with Crippen molar-refractivity contribution in [3.63, 3.8) is 0 Å². The van der Waals surface area contributed by atoms with Crippen LogP contribution in [0.5, 0.6) is 5.75 Å². The summed E-state index contributed by atoms with van der Waals surface area (Å²) in [5.74, 6) is 0.482. The molecule has 2 heterocycles. The fourth-order valence-electron chi connectivity index (χ4n) is 2.64. The number of hydrogen-bond donors (Lipinski definition) is 1. The van der Waals surface area contributed by atoms with Gasteiger partial charge in [0, 0.05) is 43.9 Å². The van der Waals surface area contributed by atoms with Crippen molar-refractivity contribution in [1.82, 2.24) is 9.97 Å². The highest BCUT2D eigenvalue weighted by Crippen LogP contribution is 2.19. The van der Waals surface area contributed by atoms with Gasteiger partial charge in [0.25, 0.3) is 5.91 Å². The van der Waals surface area contributed by atoms with Gasteiger partial charge in [-0.25, -0.2) is 0 Å². The number of likely N-dealkylation sites (N-methyl/N-ethyl adjacent to an activating group) is 1. The van der Waals surface area contributed by atoms with Crippen LogP contribution in [0, 0.1) is 0 Å². The zero-order valence-corrected chi connectivity index (χ0v) is 15.4. The fourth-order valence-corrected chi connectivity index (χ4v) is 2.64. The van der Waals surface area contributed by atoms with E-state index >= 15 is 0 Å². The molecule has 27 heavy (non-hydrogen) atoms. The first-order chi connectivity index (χ1) is 13.2. The van der Waals surface area contributed by atoms with Crippen LogP contribution in [0.1, 0.15) is 15.9 Å². The minimum atomic E-state index is -0.208. The van der Waals surface area contributed by atoms with Crippen LogP contribution in [0.4, 0.5) is 11.4 Å². The van der Waals surface area contributed by atoms with Crippen molar-refractivity contribution < 1.29 is 9.53 Å². The quantitative estimate of drug-likeness (QED) is 0.698. The third-order valence-electron chi connectivity index (χ3n) is 4.24. The van der Waals surface area contributed by atoms with Crippen LogP contribution in [0.2, 0.25) is 0 Å². The van der Waals surface area contributed by atoms with Crippen molar-refractivity contribution in [1.29, 1.82) is 0 Å². The van der Waals surface area contributed by atoms with Crippen molar-refractivity contribution in [2.24, 2.45) is 0 Å². The number of anilines is 2. The molecule has 0 aliphatic rings. The number of rotatable bonds is 7. The van der Waals surface area contributed by atoms with Gasteiger partial charge in [-0.05, 0) is 42.3 Å². The number of benzene rings is 1. The maximum Gasteiger partial charge on any atom is 0.257 e. The molecule has 0 fully saturated rings. The molecular weight excluding hydrogens is 340 g/mol. The number of carbonyl (C=O) groups excluding carboxylic acids is 1. The molecule has 0 unspecified atom stereocenters. The average molecular weight is 362 g/mol. The fraction of sp³-hybridized carbons (Fsp3) is 0.190. The summed E-state index contributed by atoms with van der Waals surface area (Å²) < 4.78 is 5.18. The van der Waals surface area contributed by atoms with Crippen LogP contribution < -0.4 is 15.0 Å². The number of nitrogens with one attached hydrogen (secondary N) is 1. The monoisotopic (exact) mass is 362 g/mol. The Morgan fingerprint density at radius 1 is 1.11 bits per heavy atom. The summed E-state index contributed by atoms with van der Waals surface area (Å²) in [7, 11) is 3.58. The third kappa shape index (κ3) is 5.04. The third-order valence-corrected chi connectivity index (χ3v) is 4.24. The van der Waals surface area contributed by atoms with Crippen molar-refractivity contribution in [2.45, 2.75) is 6.42 Å². The van der Waals surface area contributed by atoms with E-state index < -0.39 is 0 Å². The first-order valence-electron chi connectivity index (χ1n) is 8.66. The van der Waals surface area contributed by atoms with E-state index in [9.17, 15) is 4.79 Å². The van der Waals surface area contributed by atoms with E-state index in [1.165, 1.54) is 5.56 Å². The van der Waals surface area contributed by atoms with Crippen molar-refractivity contribution in [2.75, 3.05) is 30.9 Å². The van der Waals surface area contributed by atoms with Crippen LogP contribution in [0.25, 0.3) is 0 Å². The van der Waals surface area contributed by atoms with E-state index in [0.717, 1.165) is 18.7 Å². The molecule has 0 aliphatic heterocycles. The Balaban J connectivity index is 1.65. The lowest BCUT2D eigenvalue weighted by atomic mass is 10.2. The van der Waals surface area contributed by atoms with Gasteiger partial charge in [-0.1, -0.05) is 6.07 Å². The maximum absolute atomic E-state index is 12.6. The zero-order chi connectivity index (χ0) is 19.1. The average Bonchev–Trinajstić information content (AvgIpc) is 2.73. The molecule has 1 N–H and O–H groups in total. The highest BCUT2D eigenvalue weighted by atomic mass is 16.5. The Hall–Kier alpha value is -3.41. The van der Waals surface area contributed by atoms with Gasteiger partial charge in [0.1, 0.15) is 5.75 Å². The van der Waals surface area contributed by atoms with Gasteiger partial charge in [-0.15, -0.1) is 0 Å².